The van der Waals surface area contributed by atoms with E-state index in [1.807, 2.05) is 36.4 Å². The molecule has 0 bridgehead atoms. The quantitative estimate of drug-likeness (QED) is 0.668. The van der Waals surface area contributed by atoms with E-state index in [4.69, 9.17) is 0 Å². The largest absolute Gasteiger partial charge is 0.381 e. The summed E-state index contributed by atoms with van der Waals surface area (Å²) in [5, 5.41) is 11.8. The van der Waals surface area contributed by atoms with E-state index >= 15 is 0 Å². The SMILES string of the molecule is O=C1N[C@@H](/C=C/c2ccccc2)[C@H]1O. The molecule has 0 spiro atoms. The van der Waals surface area contributed by atoms with E-state index in [1.54, 1.807) is 6.08 Å². The summed E-state index contributed by atoms with van der Waals surface area (Å²) in [6.07, 6.45) is 2.80. The van der Waals surface area contributed by atoms with Crippen LogP contribution in [-0.2, 0) is 4.79 Å². The Kier molecular flexibility index (Phi) is 2.33. The Balaban J connectivity index is 1.99. The fourth-order valence-electron chi connectivity index (χ4n) is 1.33. The number of aliphatic hydroxyl groups excluding tert-OH is 1. The molecule has 3 nitrogen and oxygen atoms in total. The zero-order valence-electron chi connectivity index (χ0n) is 7.55. The lowest BCUT2D eigenvalue weighted by Crippen LogP contribution is -2.61. The maximum Gasteiger partial charge on any atom is 0.251 e. The number of hydrogen-bond acceptors (Lipinski definition) is 2. The molecule has 1 aromatic carbocycles. The third kappa shape index (κ3) is 1.67. The van der Waals surface area contributed by atoms with Crippen molar-refractivity contribution in [3.05, 3.63) is 42.0 Å². The minimum atomic E-state index is -0.880. The Hall–Kier alpha value is -1.61. The number of carbonyl (C=O) groups excluding carboxylic acids is 1. The van der Waals surface area contributed by atoms with Gasteiger partial charge in [-0.05, 0) is 5.56 Å². The van der Waals surface area contributed by atoms with Crippen molar-refractivity contribution in [1.29, 1.82) is 0 Å². The topological polar surface area (TPSA) is 49.3 Å². The number of benzene rings is 1. The zero-order valence-corrected chi connectivity index (χ0v) is 7.55. The number of carbonyl (C=O) groups is 1. The van der Waals surface area contributed by atoms with Crippen molar-refractivity contribution in [3.8, 4) is 0 Å². The van der Waals surface area contributed by atoms with Gasteiger partial charge in [0.2, 0.25) is 0 Å². The minimum Gasteiger partial charge on any atom is -0.381 e. The normalized spacial score (nSPS) is 25.9. The summed E-state index contributed by atoms with van der Waals surface area (Å²) < 4.78 is 0. The van der Waals surface area contributed by atoms with Gasteiger partial charge in [0.25, 0.3) is 5.91 Å². The summed E-state index contributed by atoms with van der Waals surface area (Å²) in [5.41, 5.74) is 1.06. The Morgan fingerprint density at radius 3 is 2.57 bits per heavy atom. The molecule has 3 heteroatoms. The standard InChI is InChI=1S/C11H11NO2/c13-10-9(12-11(10)14)7-6-8-4-2-1-3-5-8/h1-7,9-10,13H,(H,12,14)/b7-6+/t9-,10+/m0/s1. The number of nitrogens with one attached hydrogen (secondary N) is 1. The average molecular weight is 189 g/mol. The second kappa shape index (κ2) is 3.64. The fraction of sp³-hybridized carbons (Fsp3) is 0.182. The summed E-state index contributed by atoms with van der Waals surface area (Å²) in [4.78, 5) is 10.7. The maximum atomic E-state index is 10.7. The van der Waals surface area contributed by atoms with Crippen LogP contribution in [0.25, 0.3) is 6.08 Å². The first kappa shape index (κ1) is 8.97. The Labute approximate surface area is 82.1 Å². The first-order valence-electron chi connectivity index (χ1n) is 4.49. The predicted molar refractivity (Wildman–Crippen MR) is 53.4 cm³/mol. The first-order chi connectivity index (χ1) is 6.77. The van der Waals surface area contributed by atoms with Crippen LogP contribution in [0.15, 0.2) is 36.4 Å². The van der Waals surface area contributed by atoms with Crippen LogP contribution in [0.1, 0.15) is 5.56 Å². The zero-order chi connectivity index (χ0) is 9.97. The molecule has 2 rings (SSSR count). The van der Waals surface area contributed by atoms with E-state index in [9.17, 15) is 9.90 Å². The van der Waals surface area contributed by atoms with Gasteiger partial charge in [0, 0.05) is 0 Å². The molecule has 0 radical (unpaired) electrons. The summed E-state index contributed by atoms with van der Waals surface area (Å²) in [5.74, 6) is -0.298. The van der Waals surface area contributed by atoms with E-state index < -0.39 is 6.10 Å². The lowest BCUT2D eigenvalue weighted by Gasteiger charge is -2.30. The lowest BCUT2D eigenvalue weighted by molar-refractivity contribution is -0.140. The van der Waals surface area contributed by atoms with Crippen molar-refractivity contribution < 1.29 is 9.90 Å². The molecule has 2 atom stereocenters. The van der Waals surface area contributed by atoms with Gasteiger partial charge in [0.1, 0.15) is 0 Å². The van der Waals surface area contributed by atoms with Crippen LogP contribution < -0.4 is 5.32 Å². The van der Waals surface area contributed by atoms with Gasteiger partial charge in [-0.25, -0.2) is 0 Å². The van der Waals surface area contributed by atoms with Gasteiger partial charge in [-0.1, -0.05) is 42.5 Å². The van der Waals surface area contributed by atoms with Crippen LogP contribution in [0.2, 0.25) is 0 Å². The van der Waals surface area contributed by atoms with E-state index in [0.717, 1.165) is 5.56 Å². The molecule has 14 heavy (non-hydrogen) atoms. The predicted octanol–water partition coefficient (Wildman–Crippen LogP) is 0.559. The fourth-order valence-corrected chi connectivity index (χ4v) is 1.33. The Morgan fingerprint density at radius 1 is 1.29 bits per heavy atom. The summed E-state index contributed by atoms with van der Waals surface area (Å²) >= 11 is 0. The lowest BCUT2D eigenvalue weighted by atomic mass is 10.0. The summed E-state index contributed by atoms with van der Waals surface area (Å²) in [6.45, 7) is 0. The molecule has 1 saturated heterocycles. The highest BCUT2D eigenvalue weighted by atomic mass is 16.3. The van der Waals surface area contributed by atoms with Gasteiger partial charge in [-0.3, -0.25) is 4.79 Å². The highest BCUT2D eigenvalue weighted by Crippen LogP contribution is 2.09. The van der Waals surface area contributed by atoms with Crippen molar-refractivity contribution in [3.63, 3.8) is 0 Å². The molecule has 72 valence electrons. The van der Waals surface area contributed by atoms with Crippen LogP contribution in [0.4, 0.5) is 0 Å². The second-order valence-corrected chi connectivity index (χ2v) is 3.25. The van der Waals surface area contributed by atoms with Crippen LogP contribution in [0, 0.1) is 0 Å². The highest BCUT2D eigenvalue weighted by Gasteiger charge is 2.35. The third-order valence-corrected chi connectivity index (χ3v) is 2.21. The minimum absolute atomic E-state index is 0.234. The molecule has 1 aromatic rings. The smallest absolute Gasteiger partial charge is 0.251 e. The number of hydrogen-bond donors (Lipinski definition) is 2. The number of amides is 1. The van der Waals surface area contributed by atoms with Gasteiger partial charge in [0.05, 0.1) is 6.04 Å². The van der Waals surface area contributed by atoms with Crippen LogP contribution >= 0.6 is 0 Å². The maximum absolute atomic E-state index is 10.7. The molecular weight excluding hydrogens is 178 g/mol. The van der Waals surface area contributed by atoms with E-state index in [-0.39, 0.29) is 11.9 Å². The molecule has 1 heterocycles. The van der Waals surface area contributed by atoms with Gasteiger partial charge in [0.15, 0.2) is 6.10 Å². The van der Waals surface area contributed by atoms with E-state index in [2.05, 4.69) is 5.32 Å². The second-order valence-electron chi connectivity index (χ2n) is 3.25. The average Bonchev–Trinajstić information content (AvgIpc) is 2.25. The Bertz CT molecular complexity index is 359. The summed E-state index contributed by atoms with van der Waals surface area (Å²) in [6, 6.07) is 9.51. The molecule has 0 unspecified atom stereocenters. The van der Waals surface area contributed by atoms with E-state index in [1.165, 1.54) is 0 Å². The molecule has 0 saturated carbocycles. The number of β-lactam (4-membered cyclic amide) rings is 1. The number of aliphatic hydroxyl groups is 1. The van der Waals surface area contributed by atoms with Gasteiger partial charge >= 0.3 is 0 Å². The van der Waals surface area contributed by atoms with Gasteiger partial charge in [-0.2, -0.15) is 0 Å². The molecule has 1 amide bonds. The molecule has 2 N–H and O–H groups in total. The molecular formula is C11H11NO2. The Morgan fingerprint density at radius 2 is 2.00 bits per heavy atom. The van der Waals surface area contributed by atoms with Crippen LogP contribution in [0.3, 0.4) is 0 Å². The summed E-state index contributed by atoms with van der Waals surface area (Å²) in [7, 11) is 0. The van der Waals surface area contributed by atoms with E-state index in [0.29, 0.717) is 0 Å². The van der Waals surface area contributed by atoms with Crippen molar-refractivity contribution in [1.82, 2.24) is 5.32 Å². The van der Waals surface area contributed by atoms with Crippen LogP contribution in [-0.4, -0.2) is 23.2 Å². The van der Waals surface area contributed by atoms with Gasteiger partial charge < -0.3 is 10.4 Å². The molecule has 0 aromatic heterocycles. The van der Waals surface area contributed by atoms with Gasteiger partial charge in [-0.15, -0.1) is 0 Å². The molecule has 1 aliphatic rings. The first-order valence-corrected chi connectivity index (χ1v) is 4.49. The highest BCUT2D eigenvalue weighted by molar-refractivity contribution is 5.89. The van der Waals surface area contributed by atoms with Crippen LogP contribution in [0.5, 0.6) is 0 Å². The van der Waals surface area contributed by atoms with Crippen molar-refractivity contribution >= 4 is 12.0 Å². The number of rotatable bonds is 2. The molecule has 1 fully saturated rings. The van der Waals surface area contributed by atoms with Crippen molar-refractivity contribution in [2.45, 2.75) is 12.1 Å². The van der Waals surface area contributed by atoms with Crippen molar-refractivity contribution in [2.75, 3.05) is 0 Å². The third-order valence-electron chi connectivity index (χ3n) is 2.21. The monoisotopic (exact) mass is 189 g/mol. The molecule has 0 aliphatic carbocycles. The molecule has 1 aliphatic heterocycles. The van der Waals surface area contributed by atoms with Crippen molar-refractivity contribution in [2.24, 2.45) is 0 Å².